The summed E-state index contributed by atoms with van der Waals surface area (Å²) in [6.07, 6.45) is 1.90. The van der Waals surface area contributed by atoms with Gasteiger partial charge in [-0.05, 0) is 48.7 Å². The lowest BCUT2D eigenvalue weighted by molar-refractivity contribution is -0.0512. The van der Waals surface area contributed by atoms with Crippen molar-refractivity contribution in [2.75, 3.05) is 7.11 Å². The summed E-state index contributed by atoms with van der Waals surface area (Å²) in [5.41, 5.74) is 2.82. The van der Waals surface area contributed by atoms with Crippen molar-refractivity contribution in [3.8, 4) is 27.7 Å². The molecule has 1 aromatic heterocycles. The summed E-state index contributed by atoms with van der Waals surface area (Å²) in [4.78, 5) is 17.1. The number of fused-ring (bicyclic) bond motifs is 3. The first-order valence-corrected chi connectivity index (χ1v) is 11.1. The smallest absolute Gasteiger partial charge is 0.387 e. The van der Waals surface area contributed by atoms with Crippen LogP contribution in [-0.4, -0.2) is 30.6 Å². The zero-order valence-electron chi connectivity index (χ0n) is 17.3. The Balaban J connectivity index is 1.40. The Labute approximate surface area is 188 Å². The number of rotatable bonds is 7. The molecular formula is C24H21F2NO4S. The van der Waals surface area contributed by atoms with Gasteiger partial charge in [0.25, 0.3) is 5.91 Å². The molecule has 0 spiro atoms. The molecule has 1 aliphatic carbocycles. The number of benzene rings is 2. The molecule has 1 aliphatic heterocycles. The molecular weight excluding hydrogens is 436 g/mol. The second-order valence-electron chi connectivity index (χ2n) is 7.78. The van der Waals surface area contributed by atoms with Gasteiger partial charge < -0.3 is 19.1 Å². The van der Waals surface area contributed by atoms with Gasteiger partial charge in [0, 0.05) is 28.6 Å². The molecule has 5 rings (SSSR count). The second-order valence-corrected chi connectivity index (χ2v) is 8.83. The Morgan fingerprint density at radius 1 is 1.19 bits per heavy atom. The second kappa shape index (κ2) is 8.43. The number of ether oxygens (including phenoxy) is 3. The van der Waals surface area contributed by atoms with E-state index < -0.39 is 6.61 Å². The number of amides is 1. The lowest BCUT2D eigenvalue weighted by Gasteiger charge is -2.22. The van der Waals surface area contributed by atoms with E-state index in [-0.39, 0.29) is 23.4 Å². The maximum absolute atomic E-state index is 13.5. The Morgan fingerprint density at radius 3 is 2.75 bits per heavy atom. The van der Waals surface area contributed by atoms with Crippen LogP contribution in [0.4, 0.5) is 8.78 Å². The van der Waals surface area contributed by atoms with E-state index in [4.69, 9.17) is 9.47 Å². The number of halogens is 2. The average Bonchev–Trinajstić information content (AvgIpc) is 3.54. The molecule has 0 N–H and O–H groups in total. The van der Waals surface area contributed by atoms with Gasteiger partial charge in [0.1, 0.15) is 12.4 Å². The number of hydrogen-bond donors (Lipinski definition) is 0. The maximum Gasteiger partial charge on any atom is 0.387 e. The minimum Gasteiger partial charge on any atom is -0.493 e. The molecule has 0 unspecified atom stereocenters. The van der Waals surface area contributed by atoms with Crippen molar-refractivity contribution in [2.24, 2.45) is 0 Å². The van der Waals surface area contributed by atoms with E-state index in [1.54, 1.807) is 12.1 Å². The molecule has 2 aromatic carbocycles. The molecule has 2 aliphatic rings. The van der Waals surface area contributed by atoms with E-state index in [2.05, 4.69) is 4.74 Å². The molecule has 0 atom stereocenters. The van der Waals surface area contributed by atoms with Crippen LogP contribution in [0.3, 0.4) is 0 Å². The first-order chi connectivity index (χ1) is 15.5. The third-order valence-corrected chi connectivity index (χ3v) is 6.78. The van der Waals surface area contributed by atoms with Gasteiger partial charge in [0.2, 0.25) is 0 Å². The predicted molar refractivity (Wildman–Crippen MR) is 117 cm³/mol. The van der Waals surface area contributed by atoms with Crippen molar-refractivity contribution in [1.82, 2.24) is 4.90 Å². The summed E-state index contributed by atoms with van der Waals surface area (Å²) in [5, 5.41) is 0. The van der Waals surface area contributed by atoms with Gasteiger partial charge in [-0.15, -0.1) is 11.3 Å². The van der Waals surface area contributed by atoms with E-state index in [1.807, 2.05) is 35.2 Å². The minimum absolute atomic E-state index is 0.0276. The summed E-state index contributed by atoms with van der Waals surface area (Å²) in [6.45, 7) is -2.12. The van der Waals surface area contributed by atoms with Crippen LogP contribution in [0.15, 0.2) is 48.5 Å². The maximum atomic E-state index is 13.5. The Morgan fingerprint density at radius 2 is 2.00 bits per heavy atom. The molecule has 1 saturated carbocycles. The van der Waals surface area contributed by atoms with Gasteiger partial charge in [0.05, 0.1) is 12.0 Å². The van der Waals surface area contributed by atoms with Crippen molar-refractivity contribution in [1.29, 1.82) is 0 Å². The van der Waals surface area contributed by atoms with Gasteiger partial charge >= 0.3 is 6.61 Å². The van der Waals surface area contributed by atoms with Crippen molar-refractivity contribution >= 4 is 17.2 Å². The van der Waals surface area contributed by atoms with Crippen molar-refractivity contribution < 1.29 is 27.8 Å². The predicted octanol–water partition coefficient (Wildman–Crippen LogP) is 5.72. The number of para-hydroxylation sites is 1. The normalized spacial score (nSPS) is 14.4. The van der Waals surface area contributed by atoms with Crippen LogP contribution in [0.2, 0.25) is 0 Å². The van der Waals surface area contributed by atoms with Crippen LogP contribution in [0.25, 0.3) is 10.4 Å². The quantitative estimate of drug-likeness (QED) is 0.455. The molecule has 166 valence electrons. The fourth-order valence-corrected chi connectivity index (χ4v) is 5.05. The summed E-state index contributed by atoms with van der Waals surface area (Å²) < 4.78 is 40.7. The summed E-state index contributed by atoms with van der Waals surface area (Å²) >= 11 is 1.49. The summed E-state index contributed by atoms with van der Waals surface area (Å²) in [5.74, 6) is 0.987. The van der Waals surface area contributed by atoms with Gasteiger partial charge in [-0.3, -0.25) is 4.79 Å². The van der Waals surface area contributed by atoms with Crippen LogP contribution in [-0.2, 0) is 13.2 Å². The third-order valence-electron chi connectivity index (χ3n) is 5.58. The van der Waals surface area contributed by atoms with Crippen LogP contribution >= 0.6 is 11.3 Å². The third kappa shape index (κ3) is 4.02. The zero-order valence-corrected chi connectivity index (χ0v) is 18.2. The van der Waals surface area contributed by atoms with Crippen LogP contribution in [0.1, 0.15) is 33.6 Å². The van der Waals surface area contributed by atoms with Gasteiger partial charge in [0.15, 0.2) is 11.5 Å². The van der Waals surface area contributed by atoms with E-state index in [9.17, 15) is 13.6 Å². The number of carbonyl (C=O) groups is 1. The summed E-state index contributed by atoms with van der Waals surface area (Å²) in [6, 6.07) is 14.7. The number of hydrogen-bond acceptors (Lipinski definition) is 5. The van der Waals surface area contributed by atoms with Crippen molar-refractivity contribution in [2.45, 2.75) is 38.6 Å². The van der Waals surface area contributed by atoms with Gasteiger partial charge in [-0.2, -0.15) is 8.78 Å². The molecule has 3 aromatic rings. The van der Waals surface area contributed by atoms with Gasteiger partial charge in [-0.1, -0.05) is 18.2 Å². The van der Waals surface area contributed by atoms with Crippen molar-refractivity contribution in [3.63, 3.8) is 0 Å². The van der Waals surface area contributed by atoms with Crippen LogP contribution in [0.5, 0.6) is 17.2 Å². The van der Waals surface area contributed by atoms with E-state index >= 15 is 0 Å². The largest absolute Gasteiger partial charge is 0.493 e. The molecule has 5 nitrogen and oxygen atoms in total. The van der Waals surface area contributed by atoms with Crippen LogP contribution in [0, 0.1) is 0 Å². The lowest BCUT2D eigenvalue weighted by atomic mass is 10.1. The first-order valence-electron chi connectivity index (χ1n) is 10.3. The Kier molecular flexibility index (Phi) is 5.46. The fraction of sp³-hybridized carbons (Fsp3) is 0.292. The number of alkyl halides is 2. The van der Waals surface area contributed by atoms with E-state index in [0.717, 1.165) is 40.2 Å². The standard InChI is InChI=1S/C24H21F2NO4S/c1-29-20-10-14(6-9-19(20)31-24(25)26)12-27(16-7-8-16)23(28)21-11-15-13-30-18-5-3-2-4-17(18)22(15)32-21/h2-6,9-11,16,24H,7-8,12-13H2,1H3. The summed E-state index contributed by atoms with van der Waals surface area (Å²) in [7, 11) is 1.40. The zero-order chi connectivity index (χ0) is 22.2. The van der Waals surface area contributed by atoms with Crippen molar-refractivity contribution in [3.05, 3.63) is 64.5 Å². The Bertz CT molecular complexity index is 1160. The SMILES string of the molecule is COc1cc(CN(C(=O)c2cc3c(s2)-c2ccccc2OC3)C2CC2)ccc1OC(F)F. The lowest BCUT2D eigenvalue weighted by Crippen LogP contribution is -2.32. The Hall–Kier alpha value is -3.13. The minimum atomic E-state index is -2.93. The average molecular weight is 457 g/mol. The number of nitrogens with zero attached hydrogens (tertiary/aromatic N) is 1. The highest BCUT2D eigenvalue weighted by atomic mass is 32.1. The molecule has 8 heteroatoms. The molecule has 2 heterocycles. The molecule has 1 amide bonds. The fourth-order valence-electron chi connectivity index (χ4n) is 3.90. The molecule has 0 radical (unpaired) electrons. The number of thiophene rings is 1. The highest BCUT2D eigenvalue weighted by molar-refractivity contribution is 7.17. The highest BCUT2D eigenvalue weighted by Crippen LogP contribution is 2.43. The first kappa shape index (κ1) is 20.8. The molecule has 32 heavy (non-hydrogen) atoms. The molecule has 0 saturated heterocycles. The molecule has 1 fully saturated rings. The van der Waals surface area contributed by atoms with Gasteiger partial charge in [-0.25, -0.2) is 0 Å². The monoisotopic (exact) mass is 457 g/mol. The topological polar surface area (TPSA) is 48.0 Å². The molecule has 0 bridgehead atoms. The highest BCUT2D eigenvalue weighted by Gasteiger charge is 2.35. The number of methoxy groups -OCH3 is 1. The number of carbonyl (C=O) groups excluding carboxylic acids is 1. The van der Waals surface area contributed by atoms with Crippen LogP contribution < -0.4 is 14.2 Å². The van der Waals surface area contributed by atoms with E-state index in [1.165, 1.54) is 24.5 Å². The van der Waals surface area contributed by atoms with E-state index in [0.29, 0.717) is 18.0 Å².